The molecule has 1 aliphatic heterocycles. The molecule has 1 aliphatic rings. The number of rotatable bonds is 5. The number of nitrogens with one attached hydrogen (secondary N) is 1. The first-order valence-electron chi connectivity index (χ1n) is 8.31. The average Bonchev–Trinajstić information content (AvgIpc) is 3.09. The van der Waals surface area contributed by atoms with Crippen molar-refractivity contribution in [2.45, 2.75) is 32.0 Å². The van der Waals surface area contributed by atoms with E-state index in [2.05, 4.69) is 16.3 Å². The Bertz CT molecular complexity index is 719. The first-order chi connectivity index (χ1) is 11.8. The fourth-order valence-corrected chi connectivity index (χ4v) is 3.13. The molecule has 0 spiro atoms. The summed E-state index contributed by atoms with van der Waals surface area (Å²) in [5, 5.41) is 11.9. The molecule has 2 aromatic carbocycles. The van der Waals surface area contributed by atoms with Crippen LogP contribution in [0.2, 0.25) is 0 Å². The van der Waals surface area contributed by atoms with Gasteiger partial charge in [-0.25, -0.2) is 0 Å². The highest BCUT2D eigenvalue weighted by molar-refractivity contribution is 5.82. The second kappa shape index (κ2) is 7.76. The van der Waals surface area contributed by atoms with Crippen LogP contribution in [0.1, 0.15) is 29.5 Å². The van der Waals surface area contributed by atoms with Crippen LogP contribution in [0, 0.1) is 11.3 Å². The van der Waals surface area contributed by atoms with Crippen molar-refractivity contribution in [2.75, 3.05) is 6.54 Å². The molecule has 0 saturated carbocycles. The van der Waals surface area contributed by atoms with Crippen molar-refractivity contribution < 1.29 is 4.79 Å². The molecule has 1 heterocycles. The largest absolute Gasteiger partial charge is 0.351 e. The zero-order valence-electron chi connectivity index (χ0n) is 13.6. The molecule has 0 unspecified atom stereocenters. The van der Waals surface area contributed by atoms with Crippen molar-refractivity contribution >= 4 is 5.91 Å². The summed E-state index contributed by atoms with van der Waals surface area (Å²) in [6, 6.07) is 19.6. The van der Waals surface area contributed by atoms with Crippen LogP contribution in [0.25, 0.3) is 0 Å². The van der Waals surface area contributed by atoms with Crippen LogP contribution in [-0.2, 0) is 17.9 Å². The summed E-state index contributed by atoms with van der Waals surface area (Å²) >= 11 is 0. The maximum atomic E-state index is 12.5. The van der Waals surface area contributed by atoms with E-state index in [0.29, 0.717) is 12.1 Å². The van der Waals surface area contributed by atoms with Gasteiger partial charge in [0, 0.05) is 13.1 Å². The van der Waals surface area contributed by atoms with E-state index in [1.165, 1.54) is 0 Å². The second-order valence-corrected chi connectivity index (χ2v) is 6.14. The molecule has 2 aromatic rings. The van der Waals surface area contributed by atoms with Gasteiger partial charge in [0.15, 0.2) is 0 Å². The van der Waals surface area contributed by atoms with Gasteiger partial charge in [0.1, 0.15) is 0 Å². The molecule has 1 fully saturated rings. The number of nitriles is 1. The molecular formula is C20H21N3O. The summed E-state index contributed by atoms with van der Waals surface area (Å²) in [7, 11) is 0. The van der Waals surface area contributed by atoms with Crippen LogP contribution in [0.15, 0.2) is 54.6 Å². The molecule has 4 heteroatoms. The number of amides is 1. The molecule has 24 heavy (non-hydrogen) atoms. The highest BCUT2D eigenvalue weighted by Crippen LogP contribution is 2.20. The minimum absolute atomic E-state index is 0.0654. The quantitative estimate of drug-likeness (QED) is 0.922. The highest BCUT2D eigenvalue weighted by Gasteiger charge is 2.30. The van der Waals surface area contributed by atoms with E-state index in [4.69, 9.17) is 5.26 Å². The van der Waals surface area contributed by atoms with Gasteiger partial charge in [-0.2, -0.15) is 5.26 Å². The number of nitrogens with zero attached hydrogens (tertiary/aromatic N) is 2. The van der Waals surface area contributed by atoms with Crippen molar-refractivity contribution in [3.8, 4) is 6.07 Å². The van der Waals surface area contributed by atoms with E-state index in [1.54, 1.807) is 0 Å². The highest BCUT2D eigenvalue weighted by atomic mass is 16.2. The predicted molar refractivity (Wildman–Crippen MR) is 92.9 cm³/mol. The third-order valence-electron chi connectivity index (χ3n) is 4.44. The Hall–Kier alpha value is -2.64. The van der Waals surface area contributed by atoms with Crippen LogP contribution in [0.4, 0.5) is 0 Å². The molecule has 0 aliphatic carbocycles. The molecule has 122 valence electrons. The Morgan fingerprint density at radius 2 is 1.88 bits per heavy atom. The van der Waals surface area contributed by atoms with Gasteiger partial charge in [0.25, 0.3) is 0 Å². The van der Waals surface area contributed by atoms with Crippen LogP contribution < -0.4 is 5.32 Å². The number of benzene rings is 2. The summed E-state index contributed by atoms with van der Waals surface area (Å²) in [6.07, 6.45) is 1.94. The molecule has 1 saturated heterocycles. The summed E-state index contributed by atoms with van der Waals surface area (Å²) < 4.78 is 0. The maximum absolute atomic E-state index is 12.5. The van der Waals surface area contributed by atoms with E-state index in [1.807, 2.05) is 54.6 Å². The lowest BCUT2D eigenvalue weighted by Gasteiger charge is -2.23. The van der Waals surface area contributed by atoms with E-state index < -0.39 is 0 Å². The third kappa shape index (κ3) is 4.01. The summed E-state index contributed by atoms with van der Waals surface area (Å²) in [4.78, 5) is 14.7. The minimum atomic E-state index is -0.0654. The molecule has 0 bridgehead atoms. The lowest BCUT2D eigenvalue weighted by Crippen LogP contribution is -2.42. The van der Waals surface area contributed by atoms with E-state index in [-0.39, 0.29) is 11.9 Å². The van der Waals surface area contributed by atoms with Gasteiger partial charge in [-0.15, -0.1) is 0 Å². The minimum Gasteiger partial charge on any atom is -0.351 e. The van der Waals surface area contributed by atoms with Crippen molar-refractivity contribution in [3.05, 3.63) is 71.3 Å². The molecular weight excluding hydrogens is 298 g/mol. The number of hydrogen-bond acceptors (Lipinski definition) is 3. The molecule has 1 atom stereocenters. The predicted octanol–water partition coefficient (Wildman–Crippen LogP) is 2.84. The third-order valence-corrected chi connectivity index (χ3v) is 4.44. The van der Waals surface area contributed by atoms with Crippen molar-refractivity contribution in [1.82, 2.24) is 10.2 Å². The number of carbonyl (C=O) groups excluding carboxylic acids is 1. The van der Waals surface area contributed by atoms with Crippen LogP contribution >= 0.6 is 0 Å². The molecule has 0 aromatic heterocycles. The van der Waals surface area contributed by atoms with Gasteiger partial charge in [0.05, 0.1) is 17.7 Å². The zero-order valence-corrected chi connectivity index (χ0v) is 13.6. The average molecular weight is 319 g/mol. The molecule has 4 nitrogen and oxygen atoms in total. The maximum Gasteiger partial charge on any atom is 0.237 e. The monoisotopic (exact) mass is 319 g/mol. The van der Waals surface area contributed by atoms with Gasteiger partial charge >= 0.3 is 0 Å². The lowest BCUT2D eigenvalue weighted by atomic mass is 10.1. The number of carbonyl (C=O) groups is 1. The first-order valence-corrected chi connectivity index (χ1v) is 8.31. The van der Waals surface area contributed by atoms with Crippen molar-refractivity contribution in [2.24, 2.45) is 0 Å². The Morgan fingerprint density at radius 1 is 1.12 bits per heavy atom. The Balaban J connectivity index is 1.58. The number of likely N-dealkylation sites (tertiary alicyclic amines) is 1. The van der Waals surface area contributed by atoms with Gasteiger partial charge in [-0.05, 0) is 42.6 Å². The molecule has 3 rings (SSSR count). The smallest absolute Gasteiger partial charge is 0.237 e. The normalized spacial score (nSPS) is 17.4. The van der Waals surface area contributed by atoms with Crippen molar-refractivity contribution in [1.29, 1.82) is 5.26 Å². The zero-order chi connectivity index (χ0) is 16.8. The molecule has 1 N–H and O–H groups in total. The number of hydrogen-bond donors (Lipinski definition) is 1. The summed E-state index contributed by atoms with van der Waals surface area (Å²) in [5.74, 6) is 0.102. The first kappa shape index (κ1) is 16.2. The van der Waals surface area contributed by atoms with Gasteiger partial charge in [-0.3, -0.25) is 9.69 Å². The second-order valence-electron chi connectivity index (χ2n) is 6.14. The van der Waals surface area contributed by atoms with Gasteiger partial charge < -0.3 is 5.32 Å². The standard InChI is InChI=1S/C20H21N3O/c21-13-16-8-10-18(11-9-16)15-23-12-4-7-19(23)20(24)22-14-17-5-2-1-3-6-17/h1-3,5-6,8-11,19H,4,7,12,14-15H2,(H,22,24)/t19-/m1/s1. The summed E-state index contributed by atoms with van der Waals surface area (Å²) in [5.41, 5.74) is 2.91. The van der Waals surface area contributed by atoms with Crippen LogP contribution in [0.5, 0.6) is 0 Å². The topological polar surface area (TPSA) is 56.1 Å². The fourth-order valence-electron chi connectivity index (χ4n) is 3.13. The van der Waals surface area contributed by atoms with Crippen molar-refractivity contribution in [3.63, 3.8) is 0 Å². The SMILES string of the molecule is N#Cc1ccc(CN2CCC[C@@H]2C(=O)NCc2ccccc2)cc1. The van der Waals surface area contributed by atoms with E-state index in [0.717, 1.165) is 37.1 Å². The Labute approximate surface area is 142 Å². The molecule has 0 radical (unpaired) electrons. The van der Waals surface area contributed by atoms with Gasteiger partial charge in [-0.1, -0.05) is 42.5 Å². The Morgan fingerprint density at radius 3 is 2.58 bits per heavy atom. The lowest BCUT2D eigenvalue weighted by molar-refractivity contribution is -0.125. The van der Waals surface area contributed by atoms with Crippen LogP contribution in [-0.4, -0.2) is 23.4 Å². The van der Waals surface area contributed by atoms with Crippen LogP contribution in [0.3, 0.4) is 0 Å². The Kier molecular flexibility index (Phi) is 5.25. The molecule has 1 amide bonds. The summed E-state index contributed by atoms with van der Waals surface area (Å²) in [6.45, 7) is 2.25. The van der Waals surface area contributed by atoms with Gasteiger partial charge in [0.2, 0.25) is 5.91 Å². The van der Waals surface area contributed by atoms with E-state index >= 15 is 0 Å². The van der Waals surface area contributed by atoms with E-state index in [9.17, 15) is 4.79 Å². The fraction of sp³-hybridized carbons (Fsp3) is 0.300.